The van der Waals surface area contributed by atoms with E-state index in [4.69, 9.17) is 31.5 Å². The van der Waals surface area contributed by atoms with Crippen LogP contribution in [0.15, 0.2) is 17.1 Å². The molecule has 0 aliphatic carbocycles. The van der Waals surface area contributed by atoms with Crippen molar-refractivity contribution in [2.45, 2.75) is 45.2 Å². The van der Waals surface area contributed by atoms with Crippen molar-refractivity contribution in [1.82, 2.24) is 9.55 Å². The van der Waals surface area contributed by atoms with Gasteiger partial charge in [0.15, 0.2) is 11.7 Å². The Bertz CT molecular complexity index is 832. The molecule has 0 amide bonds. The predicted molar refractivity (Wildman–Crippen MR) is 102 cm³/mol. The van der Waals surface area contributed by atoms with Crippen LogP contribution in [0.4, 0.5) is 10.2 Å². The van der Waals surface area contributed by atoms with E-state index >= 15 is 4.39 Å². The number of anilines is 1. The monoisotopic (exact) mass is 433 g/mol. The molecule has 1 aromatic heterocycles. The average Bonchev–Trinajstić information content (AvgIpc) is 2.93. The number of aromatic nitrogens is 2. The zero-order chi connectivity index (χ0) is 22.0. The summed E-state index contributed by atoms with van der Waals surface area (Å²) in [5.74, 6) is -5.43. The fourth-order valence-electron chi connectivity index (χ4n) is 2.77. The first-order valence-corrected chi connectivity index (χ1v) is 9.62. The van der Waals surface area contributed by atoms with Gasteiger partial charge in [-0.15, -0.1) is 11.6 Å². The second-order valence-corrected chi connectivity index (χ2v) is 7.81. The van der Waals surface area contributed by atoms with E-state index in [1.807, 2.05) is 0 Å². The van der Waals surface area contributed by atoms with E-state index < -0.39 is 60.2 Å². The lowest BCUT2D eigenvalue weighted by Crippen LogP contribution is -2.57. The van der Waals surface area contributed by atoms with Crippen LogP contribution in [0.25, 0.3) is 0 Å². The van der Waals surface area contributed by atoms with Gasteiger partial charge in [0.2, 0.25) is 0 Å². The molecule has 162 valence electrons. The van der Waals surface area contributed by atoms with Gasteiger partial charge in [-0.1, -0.05) is 27.7 Å². The molecule has 11 heteroatoms. The first-order valence-electron chi connectivity index (χ1n) is 9.08. The van der Waals surface area contributed by atoms with E-state index in [9.17, 15) is 14.4 Å². The Morgan fingerprint density at radius 3 is 2.52 bits per heavy atom. The van der Waals surface area contributed by atoms with Crippen LogP contribution in [0, 0.1) is 11.8 Å². The summed E-state index contributed by atoms with van der Waals surface area (Å²) < 4.78 is 33.0. The lowest BCUT2D eigenvalue weighted by molar-refractivity contribution is -0.181. The number of hydrogen-bond donors (Lipinski definition) is 1. The Morgan fingerprint density at radius 2 is 2.00 bits per heavy atom. The van der Waals surface area contributed by atoms with Gasteiger partial charge in [-0.05, 0) is 6.07 Å². The Morgan fingerprint density at radius 1 is 1.38 bits per heavy atom. The molecule has 1 aliphatic rings. The predicted octanol–water partition coefficient (Wildman–Crippen LogP) is 1.22. The molecule has 0 bridgehead atoms. The Balaban J connectivity index is 2.50. The van der Waals surface area contributed by atoms with Gasteiger partial charge in [-0.25, -0.2) is 9.18 Å². The Hall–Kier alpha value is -2.20. The summed E-state index contributed by atoms with van der Waals surface area (Å²) in [4.78, 5) is 40.0. The van der Waals surface area contributed by atoms with Crippen molar-refractivity contribution in [2.75, 3.05) is 24.8 Å². The lowest BCUT2D eigenvalue weighted by atomic mass is 9.94. The van der Waals surface area contributed by atoms with Gasteiger partial charge in [0, 0.05) is 6.20 Å². The molecule has 3 atom stereocenters. The van der Waals surface area contributed by atoms with Crippen molar-refractivity contribution in [3.63, 3.8) is 0 Å². The maximum atomic E-state index is 16.2. The number of rotatable bonds is 7. The first-order chi connectivity index (χ1) is 13.5. The number of hydrogen-bond acceptors (Lipinski definition) is 8. The molecule has 2 N–H and O–H groups in total. The largest absolute Gasteiger partial charge is 0.462 e. The standard InChI is InChI=1S/C18H25ClFN3O6/c1-10(2)13(24)27-8-17(7-19)15(29-14(25)11(3)4)18(20,9-28-17)23-6-5-12(21)22-16(23)26/h5-6,10-11,15H,7-9H2,1-4H3,(H2,21,22,26)/t15-,17-,18+/m1/s1. The number of nitrogens with two attached hydrogens (primary N) is 1. The third-order valence-electron chi connectivity index (χ3n) is 4.53. The lowest BCUT2D eigenvalue weighted by Gasteiger charge is -2.35. The number of alkyl halides is 2. The van der Waals surface area contributed by atoms with Crippen LogP contribution >= 0.6 is 11.6 Å². The second kappa shape index (κ2) is 8.66. The van der Waals surface area contributed by atoms with Gasteiger partial charge in [0.25, 0.3) is 5.79 Å². The van der Waals surface area contributed by atoms with Crippen molar-refractivity contribution in [1.29, 1.82) is 0 Å². The van der Waals surface area contributed by atoms with Gasteiger partial charge in [-0.3, -0.25) is 14.2 Å². The second-order valence-electron chi connectivity index (χ2n) is 7.54. The first kappa shape index (κ1) is 23.1. The smallest absolute Gasteiger partial charge is 0.352 e. The summed E-state index contributed by atoms with van der Waals surface area (Å²) in [6.07, 6.45) is -0.584. The number of halogens is 2. The van der Waals surface area contributed by atoms with Crippen LogP contribution in [0.2, 0.25) is 0 Å². The molecule has 2 rings (SSSR count). The zero-order valence-electron chi connectivity index (χ0n) is 16.7. The summed E-state index contributed by atoms with van der Waals surface area (Å²) in [5, 5.41) is 0. The number of nitrogen functional groups attached to an aromatic ring is 1. The molecule has 0 radical (unpaired) electrons. The molecule has 1 aliphatic heterocycles. The molecule has 2 heterocycles. The van der Waals surface area contributed by atoms with Crippen LogP contribution in [0.3, 0.4) is 0 Å². The minimum atomic E-state index is -2.64. The van der Waals surface area contributed by atoms with E-state index in [2.05, 4.69) is 4.98 Å². The minimum Gasteiger partial charge on any atom is -0.462 e. The van der Waals surface area contributed by atoms with Crippen molar-refractivity contribution in [3.8, 4) is 0 Å². The molecule has 0 saturated carbocycles. The highest BCUT2D eigenvalue weighted by molar-refractivity contribution is 6.18. The topological polar surface area (TPSA) is 123 Å². The normalized spacial score (nSPS) is 26.7. The average molecular weight is 434 g/mol. The molecule has 1 fully saturated rings. The molecule has 1 aromatic rings. The van der Waals surface area contributed by atoms with E-state index in [1.54, 1.807) is 27.7 Å². The number of carbonyl (C=O) groups excluding carboxylic acids is 2. The summed E-state index contributed by atoms with van der Waals surface area (Å²) in [6.45, 7) is 5.24. The third-order valence-corrected chi connectivity index (χ3v) is 4.98. The van der Waals surface area contributed by atoms with Crippen molar-refractivity contribution >= 4 is 29.4 Å². The van der Waals surface area contributed by atoms with Gasteiger partial charge in [0.1, 0.15) is 19.0 Å². The van der Waals surface area contributed by atoms with Crippen molar-refractivity contribution in [2.24, 2.45) is 11.8 Å². The van der Waals surface area contributed by atoms with Crippen LogP contribution in [0.1, 0.15) is 27.7 Å². The Labute approximate surface area is 172 Å². The van der Waals surface area contributed by atoms with Crippen LogP contribution in [-0.2, 0) is 29.6 Å². The number of nitrogens with zero attached hydrogens (tertiary/aromatic N) is 2. The SMILES string of the molecule is CC(C)C(=O)OC[C@@]1(CCl)OC[C@](F)(n2ccc(N)nc2=O)[C@@H]1OC(=O)C(C)C. The maximum absolute atomic E-state index is 16.2. The summed E-state index contributed by atoms with van der Waals surface area (Å²) >= 11 is 6.07. The fraction of sp³-hybridized carbons (Fsp3) is 0.667. The fourth-order valence-corrected chi connectivity index (χ4v) is 3.06. The highest BCUT2D eigenvalue weighted by atomic mass is 35.5. The quantitative estimate of drug-likeness (QED) is 0.503. The van der Waals surface area contributed by atoms with E-state index in [1.165, 1.54) is 6.07 Å². The van der Waals surface area contributed by atoms with Crippen LogP contribution < -0.4 is 11.4 Å². The van der Waals surface area contributed by atoms with Gasteiger partial charge in [-0.2, -0.15) is 4.98 Å². The highest BCUT2D eigenvalue weighted by Gasteiger charge is 2.64. The van der Waals surface area contributed by atoms with Crippen molar-refractivity contribution in [3.05, 3.63) is 22.7 Å². The summed E-state index contributed by atoms with van der Waals surface area (Å²) in [6, 6.07) is 1.23. The molecule has 1 saturated heterocycles. The molecule has 9 nitrogen and oxygen atoms in total. The van der Waals surface area contributed by atoms with E-state index in [0.717, 1.165) is 6.20 Å². The third kappa shape index (κ3) is 4.53. The van der Waals surface area contributed by atoms with E-state index in [0.29, 0.717) is 4.57 Å². The molecule has 29 heavy (non-hydrogen) atoms. The number of esters is 2. The number of ether oxygens (including phenoxy) is 3. The number of carbonyl (C=O) groups is 2. The molecule has 0 aromatic carbocycles. The van der Waals surface area contributed by atoms with Crippen molar-refractivity contribution < 1.29 is 28.2 Å². The molecular weight excluding hydrogens is 409 g/mol. The molecule has 0 spiro atoms. The van der Waals surface area contributed by atoms with Gasteiger partial charge >= 0.3 is 17.6 Å². The highest BCUT2D eigenvalue weighted by Crippen LogP contribution is 2.43. The van der Waals surface area contributed by atoms with Crippen LogP contribution in [0.5, 0.6) is 0 Å². The minimum absolute atomic E-state index is 0.0982. The Kier molecular flexibility index (Phi) is 6.89. The van der Waals surface area contributed by atoms with Gasteiger partial charge < -0.3 is 19.9 Å². The van der Waals surface area contributed by atoms with Gasteiger partial charge in [0.05, 0.1) is 17.7 Å². The maximum Gasteiger partial charge on any atom is 0.352 e. The molecular formula is C18H25ClFN3O6. The zero-order valence-corrected chi connectivity index (χ0v) is 17.4. The van der Waals surface area contributed by atoms with Crippen LogP contribution in [-0.4, -0.2) is 52.3 Å². The molecule has 0 unspecified atom stereocenters. The summed E-state index contributed by atoms with van der Waals surface area (Å²) in [7, 11) is 0. The summed E-state index contributed by atoms with van der Waals surface area (Å²) in [5.41, 5.74) is 2.77. The van der Waals surface area contributed by atoms with E-state index in [-0.39, 0.29) is 11.7 Å².